The SMILES string of the molecule is COc1ccc(NC(=O)N2CCN(c3nc4cc(Br)ccc4n4cccc34)CC2)cc1OC. The van der Waals surface area contributed by atoms with Gasteiger partial charge in [0.15, 0.2) is 17.3 Å². The zero-order chi connectivity index (χ0) is 22.9. The summed E-state index contributed by atoms with van der Waals surface area (Å²) in [5.41, 5.74) is 3.72. The van der Waals surface area contributed by atoms with Crippen LogP contribution in [0.5, 0.6) is 11.5 Å². The summed E-state index contributed by atoms with van der Waals surface area (Å²) in [6.07, 6.45) is 2.06. The molecule has 3 heterocycles. The van der Waals surface area contributed by atoms with E-state index in [0.717, 1.165) is 26.8 Å². The fourth-order valence-electron chi connectivity index (χ4n) is 4.20. The van der Waals surface area contributed by atoms with Crippen LogP contribution < -0.4 is 19.7 Å². The number of ether oxygens (including phenoxy) is 2. The molecule has 0 unspecified atom stereocenters. The highest BCUT2D eigenvalue weighted by Gasteiger charge is 2.24. The Morgan fingerprint density at radius 1 is 0.970 bits per heavy atom. The van der Waals surface area contributed by atoms with Crippen molar-refractivity contribution in [2.75, 3.05) is 50.6 Å². The van der Waals surface area contributed by atoms with Crippen molar-refractivity contribution in [2.24, 2.45) is 0 Å². The average molecular weight is 510 g/mol. The fraction of sp³-hybridized carbons (Fsp3) is 0.250. The maximum atomic E-state index is 12.8. The molecule has 33 heavy (non-hydrogen) atoms. The summed E-state index contributed by atoms with van der Waals surface area (Å²) in [5.74, 6) is 2.13. The summed E-state index contributed by atoms with van der Waals surface area (Å²) in [4.78, 5) is 21.9. The van der Waals surface area contributed by atoms with Crippen molar-refractivity contribution in [3.63, 3.8) is 0 Å². The number of urea groups is 1. The highest BCUT2D eigenvalue weighted by atomic mass is 79.9. The van der Waals surface area contributed by atoms with Crippen molar-refractivity contribution in [3.8, 4) is 11.5 Å². The quantitative estimate of drug-likeness (QED) is 0.434. The molecule has 0 radical (unpaired) electrons. The highest BCUT2D eigenvalue weighted by molar-refractivity contribution is 9.10. The van der Waals surface area contributed by atoms with Crippen LogP contribution in [0.1, 0.15) is 0 Å². The second-order valence-corrected chi connectivity index (χ2v) is 8.72. The minimum atomic E-state index is -0.134. The van der Waals surface area contributed by atoms with Crippen LogP contribution in [0.4, 0.5) is 16.3 Å². The number of amides is 2. The molecule has 0 atom stereocenters. The summed E-state index contributed by atoms with van der Waals surface area (Å²) in [5, 5.41) is 2.96. The van der Waals surface area contributed by atoms with Crippen LogP contribution in [-0.2, 0) is 0 Å². The summed E-state index contributed by atoms with van der Waals surface area (Å²) in [7, 11) is 3.16. The van der Waals surface area contributed by atoms with Gasteiger partial charge in [0.2, 0.25) is 0 Å². The molecule has 2 aromatic heterocycles. The second-order valence-electron chi connectivity index (χ2n) is 7.81. The Morgan fingerprint density at radius 2 is 1.76 bits per heavy atom. The predicted molar refractivity (Wildman–Crippen MR) is 133 cm³/mol. The van der Waals surface area contributed by atoms with Crippen molar-refractivity contribution < 1.29 is 14.3 Å². The number of hydrogen-bond donors (Lipinski definition) is 1. The zero-order valence-corrected chi connectivity index (χ0v) is 20.0. The van der Waals surface area contributed by atoms with Crippen LogP contribution >= 0.6 is 15.9 Å². The maximum Gasteiger partial charge on any atom is 0.321 e. The monoisotopic (exact) mass is 509 g/mol. The lowest BCUT2D eigenvalue weighted by Gasteiger charge is -2.35. The molecule has 2 aromatic carbocycles. The van der Waals surface area contributed by atoms with Crippen LogP contribution in [0.15, 0.2) is 59.2 Å². The van der Waals surface area contributed by atoms with Gasteiger partial charge in [0.1, 0.15) is 0 Å². The van der Waals surface area contributed by atoms with E-state index >= 15 is 0 Å². The Balaban J connectivity index is 1.31. The van der Waals surface area contributed by atoms with Crippen molar-refractivity contribution in [2.45, 2.75) is 0 Å². The number of aromatic nitrogens is 2. The van der Waals surface area contributed by atoms with Crippen LogP contribution in [0, 0.1) is 0 Å². The minimum Gasteiger partial charge on any atom is -0.493 e. The van der Waals surface area contributed by atoms with Gasteiger partial charge < -0.3 is 29.0 Å². The molecule has 0 saturated carbocycles. The third-order valence-electron chi connectivity index (χ3n) is 5.90. The Morgan fingerprint density at radius 3 is 2.52 bits per heavy atom. The first-order chi connectivity index (χ1) is 16.1. The molecule has 9 heteroatoms. The lowest BCUT2D eigenvalue weighted by molar-refractivity contribution is 0.208. The summed E-state index contributed by atoms with van der Waals surface area (Å²) < 4.78 is 13.7. The Kier molecular flexibility index (Phi) is 5.72. The molecule has 170 valence electrons. The average Bonchev–Trinajstić information content (AvgIpc) is 3.33. The molecule has 1 N–H and O–H groups in total. The molecule has 1 aliphatic heterocycles. The Labute approximate surface area is 199 Å². The number of fused-ring (bicyclic) bond motifs is 3. The molecule has 0 aliphatic carbocycles. The standard InChI is InChI=1S/C24H24BrN5O3/c1-32-21-8-6-17(15-22(21)33-2)26-24(31)29-12-10-28(11-13-29)23-20-4-3-9-30(20)19-7-5-16(25)14-18(19)27-23/h3-9,14-15H,10-13H2,1-2H3,(H,26,31). The van der Waals surface area contributed by atoms with Crippen molar-refractivity contribution in [1.29, 1.82) is 0 Å². The maximum absolute atomic E-state index is 12.8. The second kappa shape index (κ2) is 8.82. The number of nitrogens with one attached hydrogen (secondary N) is 1. The van der Waals surface area contributed by atoms with Gasteiger partial charge in [-0.1, -0.05) is 15.9 Å². The van der Waals surface area contributed by atoms with Crippen LogP contribution in [-0.4, -0.2) is 60.7 Å². The van der Waals surface area contributed by atoms with Gasteiger partial charge in [0.25, 0.3) is 0 Å². The normalized spacial score (nSPS) is 14.0. The lowest BCUT2D eigenvalue weighted by atomic mass is 10.2. The van der Waals surface area contributed by atoms with Gasteiger partial charge in [-0.2, -0.15) is 0 Å². The van der Waals surface area contributed by atoms with Gasteiger partial charge in [-0.3, -0.25) is 0 Å². The molecule has 2 amide bonds. The first kappa shape index (κ1) is 21.4. The number of methoxy groups -OCH3 is 2. The van der Waals surface area contributed by atoms with E-state index in [1.54, 1.807) is 32.4 Å². The number of nitrogens with zero attached hydrogens (tertiary/aromatic N) is 4. The largest absolute Gasteiger partial charge is 0.493 e. The van der Waals surface area contributed by atoms with E-state index in [0.29, 0.717) is 43.4 Å². The van der Waals surface area contributed by atoms with Crippen molar-refractivity contribution in [1.82, 2.24) is 14.3 Å². The van der Waals surface area contributed by atoms with Crippen LogP contribution in [0.25, 0.3) is 16.6 Å². The smallest absolute Gasteiger partial charge is 0.321 e. The Hall–Kier alpha value is -3.46. The van der Waals surface area contributed by atoms with E-state index in [-0.39, 0.29) is 6.03 Å². The summed E-state index contributed by atoms with van der Waals surface area (Å²) >= 11 is 3.55. The van der Waals surface area contributed by atoms with E-state index in [1.807, 2.05) is 23.1 Å². The van der Waals surface area contributed by atoms with Crippen molar-refractivity contribution in [3.05, 3.63) is 59.2 Å². The van der Waals surface area contributed by atoms with Gasteiger partial charge in [0.05, 0.1) is 30.8 Å². The van der Waals surface area contributed by atoms with Gasteiger partial charge in [-0.25, -0.2) is 9.78 Å². The number of carbonyl (C=O) groups is 1. The minimum absolute atomic E-state index is 0.134. The molecule has 1 fully saturated rings. The van der Waals surface area contributed by atoms with Crippen molar-refractivity contribution >= 4 is 50.0 Å². The number of piperazine rings is 1. The molecular weight excluding hydrogens is 486 g/mol. The first-order valence-corrected chi connectivity index (χ1v) is 11.5. The van der Waals surface area contributed by atoms with E-state index in [4.69, 9.17) is 14.5 Å². The number of rotatable bonds is 4. The van der Waals surface area contributed by atoms with Gasteiger partial charge >= 0.3 is 6.03 Å². The first-order valence-electron chi connectivity index (χ1n) is 10.7. The number of hydrogen-bond acceptors (Lipinski definition) is 5. The van der Waals surface area contributed by atoms with Crippen LogP contribution in [0.2, 0.25) is 0 Å². The van der Waals surface area contributed by atoms with E-state index < -0.39 is 0 Å². The molecule has 1 aliphatic rings. The Bertz CT molecular complexity index is 1330. The van der Waals surface area contributed by atoms with Crippen LogP contribution in [0.3, 0.4) is 0 Å². The van der Waals surface area contributed by atoms with Gasteiger partial charge in [-0.05, 0) is 42.5 Å². The fourth-order valence-corrected chi connectivity index (χ4v) is 4.55. The topological polar surface area (TPSA) is 71.3 Å². The lowest BCUT2D eigenvalue weighted by Crippen LogP contribution is -2.50. The molecule has 0 bridgehead atoms. The van der Waals surface area contributed by atoms with E-state index in [1.165, 1.54) is 0 Å². The number of halogens is 1. The third kappa shape index (κ3) is 4.04. The van der Waals surface area contributed by atoms with Gasteiger partial charge in [0, 0.05) is 48.6 Å². The summed E-state index contributed by atoms with van der Waals surface area (Å²) in [6, 6.07) is 15.4. The van der Waals surface area contributed by atoms with E-state index in [2.05, 4.69) is 48.9 Å². The molecule has 0 spiro atoms. The molecule has 1 saturated heterocycles. The summed E-state index contributed by atoms with van der Waals surface area (Å²) in [6.45, 7) is 2.60. The predicted octanol–water partition coefficient (Wildman–Crippen LogP) is 4.62. The number of benzene rings is 2. The third-order valence-corrected chi connectivity index (χ3v) is 6.40. The highest BCUT2D eigenvalue weighted by Crippen LogP contribution is 2.30. The molecule has 4 aromatic rings. The zero-order valence-electron chi connectivity index (χ0n) is 18.4. The number of carbonyl (C=O) groups excluding carboxylic acids is 1. The molecular formula is C24H24BrN5O3. The molecule has 5 rings (SSSR count). The number of anilines is 2. The van der Waals surface area contributed by atoms with Gasteiger partial charge in [-0.15, -0.1) is 0 Å². The van der Waals surface area contributed by atoms with E-state index in [9.17, 15) is 4.79 Å². The molecule has 8 nitrogen and oxygen atoms in total.